The number of para-hydroxylation sites is 1. The van der Waals surface area contributed by atoms with Crippen LogP contribution >= 0.6 is 0 Å². The molecule has 8 bridgehead atoms. The molecule has 2 spiro atoms. The highest BCUT2D eigenvalue weighted by Crippen LogP contribution is 2.72. The second-order valence-electron chi connectivity index (χ2n) is 30.7. The van der Waals surface area contributed by atoms with Crippen molar-refractivity contribution in [3.8, 4) is 55.6 Å². The maximum absolute atomic E-state index is 5.07. The van der Waals surface area contributed by atoms with E-state index in [4.69, 9.17) is 9.97 Å². The van der Waals surface area contributed by atoms with E-state index >= 15 is 0 Å². The summed E-state index contributed by atoms with van der Waals surface area (Å²) in [5.74, 6) is 6.58. The second-order valence-corrected chi connectivity index (χ2v) is 30.7. The molecule has 490 valence electrons. The predicted octanol–water partition coefficient (Wildman–Crippen LogP) is 25.0. The number of hydrogen-bond donors (Lipinski definition) is 0. The third-order valence-electron chi connectivity index (χ3n) is 25.8. The third-order valence-corrected chi connectivity index (χ3v) is 25.8. The number of benzene rings is 11. The fraction of sp³-hybridized carbons (Fsp3) is 0.219. The number of nitrogens with zero attached hydrogens (tertiary/aromatic N) is 5. The number of aromatic nitrogens is 3. The second kappa shape index (κ2) is 23.7. The highest BCUT2D eigenvalue weighted by molar-refractivity contribution is 6.04. The normalized spacial score (nSPS) is 23.8. The van der Waals surface area contributed by atoms with Crippen molar-refractivity contribution in [2.24, 2.45) is 47.3 Å². The highest BCUT2D eigenvalue weighted by atomic mass is 15.2. The first-order chi connectivity index (χ1) is 49.5. The van der Waals surface area contributed by atoms with E-state index in [0.29, 0.717) is 11.8 Å². The summed E-state index contributed by atoms with van der Waals surface area (Å²) in [6, 6.07) is 104. The van der Waals surface area contributed by atoms with Crippen molar-refractivity contribution >= 4 is 66.8 Å². The van der Waals surface area contributed by atoms with Crippen LogP contribution in [0.1, 0.15) is 93.9 Å². The molecule has 10 aliphatic carbocycles. The zero-order valence-corrected chi connectivity index (χ0v) is 56.2. The number of pyridine rings is 3. The van der Waals surface area contributed by atoms with Crippen molar-refractivity contribution in [2.75, 3.05) is 9.80 Å². The van der Waals surface area contributed by atoms with Crippen LogP contribution in [0.25, 0.3) is 88.3 Å². The molecule has 10 aliphatic rings. The SMILES string of the molecule is C.c1ccc(-c2ccc(N(c3ccc(-c4ccnc5ccccc45)cc3)c3cccc4c3C3(c5ccccc5-4)C4CC5CC(C4)CC3C5)cc2)cc1.c1ccc(-c2ccc(N(c3ccc4c(c3)-c3ccccc3C43C4CC5CC(C4)CC3C5)c3cnc4c(ccc5cccnc54)c3)cc2)cc1. The molecule has 0 atom stereocenters. The van der Waals surface area contributed by atoms with Crippen molar-refractivity contribution in [3.05, 3.63) is 320 Å². The molecular formula is C96H81N5. The topological polar surface area (TPSA) is 45.2 Å². The molecule has 0 aliphatic heterocycles. The van der Waals surface area contributed by atoms with Crippen LogP contribution in [0.3, 0.4) is 0 Å². The number of fused-ring (bicyclic) bond motifs is 10. The van der Waals surface area contributed by atoms with Crippen LogP contribution in [-0.2, 0) is 10.8 Å². The fourth-order valence-corrected chi connectivity index (χ4v) is 22.4. The van der Waals surface area contributed by atoms with E-state index in [1.165, 1.54) is 148 Å². The van der Waals surface area contributed by atoms with Gasteiger partial charge >= 0.3 is 0 Å². The van der Waals surface area contributed by atoms with Gasteiger partial charge in [-0.05, 0) is 268 Å². The molecule has 8 fully saturated rings. The van der Waals surface area contributed by atoms with Gasteiger partial charge in [-0.25, -0.2) is 0 Å². The molecule has 3 heterocycles. The van der Waals surface area contributed by atoms with Gasteiger partial charge in [0, 0.05) is 62.1 Å². The molecule has 0 N–H and O–H groups in total. The summed E-state index contributed by atoms with van der Waals surface area (Å²) in [7, 11) is 0. The summed E-state index contributed by atoms with van der Waals surface area (Å²) in [5, 5.41) is 3.39. The summed E-state index contributed by atoms with van der Waals surface area (Å²) in [5.41, 5.74) is 29.7. The molecule has 0 amide bonds. The zero-order chi connectivity index (χ0) is 65.6. The zero-order valence-electron chi connectivity index (χ0n) is 56.2. The third kappa shape index (κ3) is 9.30. The first-order valence-corrected chi connectivity index (χ1v) is 37.0. The molecular weight excluding hydrogens is 1220 g/mol. The average molecular weight is 1300 g/mol. The summed E-state index contributed by atoms with van der Waals surface area (Å²) in [6.45, 7) is 0. The Morgan fingerprint density at radius 2 is 0.772 bits per heavy atom. The first kappa shape index (κ1) is 60.2. The van der Waals surface area contributed by atoms with Gasteiger partial charge in [0.2, 0.25) is 0 Å². The van der Waals surface area contributed by atoms with Gasteiger partial charge in [-0.1, -0.05) is 208 Å². The summed E-state index contributed by atoms with van der Waals surface area (Å²) < 4.78 is 0. The van der Waals surface area contributed by atoms with Gasteiger partial charge in [-0.3, -0.25) is 15.0 Å². The Bertz CT molecular complexity index is 5460. The molecule has 14 aromatic rings. The number of anilines is 6. The van der Waals surface area contributed by atoms with E-state index in [9.17, 15) is 0 Å². The Balaban J connectivity index is 0.000000135. The van der Waals surface area contributed by atoms with E-state index in [2.05, 4.69) is 288 Å². The molecule has 5 nitrogen and oxygen atoms in total. The molecule has 24 rings (SSSR count). The van der Waals surface area contributed by atoms with Gasteiger partial charge in [0.15, 0.2) is 0 Å². The highest BCUT2D eigenvalue weighted by Gasteiger charge is 2.64. The van der Waals surface area contributed by atoms with E-state index in [1.54, 1.807) is 22.3 Å². The monoisotopic (exact) mass is 1300 g/mol. The van der Waals surface area contributed by atoms with Gasteiger partial charge in [-0.15, -0.1) is 0 Å². The van der Waals surface area contributed by atoms with Crippen LogP contribution in [0.15, 0.2) is 298 Å². The van der Waals surface area contributed by atoms with Gasteiger partial charge in [0.05, 0.1) is 34.1 Å². The van der Waals surface area contributed by atoms with Crippen molar-refractivity contribution in [1.29, 1.82) is 0 Å². The lowest BCUT2D eigenvalue weighted by Gasteiger charge is -2.61. The molecule has 0 unspecified atom stereocenters. The van der Waals surface area contributed by atoms with Gasteiger partial charge in [-0.2, -0.15) is 0 Å². The molecule has 0 saturated heterocycles. The van der Waals surface area contributed by atoms with Gasteiger partial charge in [0.1, 0.15) is 0 Å². The van der Waals surface area contributed by atoms with Crippen LogP contribution in [-0.4, -0.2) is 15.0 Å². The van der Waals surface area contributed by atoms with Crippen LogP contribution < -0.4 is 9.80 Å². The maximum atomic E-state index is 5.07. The van der Waals surface area contributed by atoms with Crippen LogP contribution in [0.2, 0.25) is 0 Å². The standard InChI is InChI=1S/C49H40N2.C46H37N3.CH4/c1-2-9-34(10-3-1)35-17-21-39(22-18-35)51(40-23-19-36(20-24-40)41-25-26-50-46-15-7-5-12-43(41)46)47-16-8-13-44-42-11-4-6-14-45(42)49(48(44)47)37-28-32-27-33(30-37)31-38(49)29-32;1-2-7-31(8-3-1)32-14-16-37(17-15-32)49(39-26-34-13-12-33-9-6-20-47-44(33)45(34)48-28-39)38-18-19-43-41(27-38)40-10-4-5-11-42(40)46(43)35-22-29-21-30(24-35)25-36(46)23-29;/h1-26,32-33,37-38H,27-31H2;1-20,26-30,35-36H,21-25H2;1H4. The van der Waals surface area contributed by atoms with Crippen LogP contribution in [0.5, 0.6) is 0 Å². The first-order valence-electron chi connectivity index (χ1n) is 37.0. The Hall–Kier alpha value is -10.8. The maximum Gasteiger partial charge on any atom is 0.0966 e. The van der Waals surface area contributed by atoms with E-state index in [0.717, 1.165) is 74.2 Å². The Morgan fingerprint density at radius 1 is 0.287 bits per heavy atom. The van der Waals surface area contributed by atoms with Gasteiger partial charge < -0.3 is 9.80 Å². The summed E-state index contributed by atoms with van der Waals surface area (Å²) >= 11 is 0. The molecule has 101 heavy (non-hydrogen) atoms. The van der Waals surface area contributed by atoms with Crippen molar-refractivity contribution in [3.63, 3.8) is 0 Å². The Labute approximate surface area is 593 Å². The minimum absolute atomic E-state index is 0. The minimum atomic E-state index is 0. The molecule has 0 radical (unpaired) electrons. The van der Waals surface area contributed by atoms with Crippen molar-refractivity contribution < 1.29 is 0 Å². The average Bonchev–Trinajstić information content (AvgIpc) is 1.56. The fourth-order valence-electron chi connectivity index (χ4n) is 22.4. The van der Waals surface area contributed by atoms with Crippen molar-refractivity contribution in [1.82, 2.24) is 15.0 Å². The molecule has 8 saturated carbocycles. The smallest absolute Gasteiger partial charge is 0.0966 e. The molecule has 11 aromatic carbocycles. The van der Waals surface area contributed by atoms with E-state index in [1.807, 2.05) is 24.7 Å². The lowest BCUT2D eigenvalue weighted by molar-refractivity contribution is -0.0399. The molecule has 5 heteroatoms. The predicted molar refractivity (Wildman–Crippen MR) is 418 cm³/mol. The summed E-state index contributed by atoms with van der Waals surface area (Å²) in [6.07, 6.45) is 19.8. The Kier molecular flexibility index (Phi) is 14.1. The van der Waals surface area contributed by atoms with Gasteiger partial charge in [0.25, 0.3) is 0 Å². The Morgan fingerprint density at radius 3 is 1.41 bits per heavy atom. The van der Waals surface area contributed by atoms with Crippen LogP contribution in [0, 0.1) is 47.3 Å². The quantitative estimate of drug-likeness (QED) is 0.135. The van der Waals surface area contributed by atoms with E-state index < -0.39 is 0 Å². The summed E-state index contributed by atoms with van der Waals surface area (Å²) in [4.78, 5) is 19.4. The largest absolute Gasteiger partial charge is 0.310 e. The minimum Gasteiger partial charge on any atom is -0.310 e. The van der Waals surface area contributed by atoms with Crippen molar-refractivity contribution in [2.45, 2.75) is 82.5 Å². The molecule has 3 aromatic heterocycles. The lowest BCUT2D eigenvalue weighted by Crippen LogP contribution is -2.55. The number of hydrogen-bond acceptors (Lipinski definition) is 5. The van der Waals surface area contributed by atoms with E-state index in [-0.39, 0.29) is 18.3 Å². The lowest BCUT2D eigenvalue weighted by atomic mass is 9.43. The van der Waals surface area contributed by atoms with Crippen LogP contribution in [0.4, 0.5) is 34.1 Å². The number of rotatable bonds is 9.